The van der Waals surface area contributed by atoms with Gasteiger partial charge in [-0.25, -0.2) is 0 Å². The second kappa shape index (κ2) is 5.50. The molecule has 0 aliphatic rings. The van der Waals surface area contributed by atoms with Crippen molar-refractivity contribution in [1.29, 1.82) is 0 Å². The molecule has 0 bridgehead atoms. The topological polar surface area (TPSA) is 56.0 Å². The van der Waals surface area contributed by atoms with E-state index in [1.165, 1.54) is 6.20 Å². The minimum Gasteiger partial charge on any atom is -0.396 e. The van der Waals surface area contributed by atoms with Gasteiger partial charge in [-0.2, -0.15) is 0 Å². The Morgan fingerprint density at radius 1 is 1.39 bits per heavy atom. The van der Waals surface area contributed by atoms with Gasteiger partial charge in [0.15, 0.2) is 0 Å². The van der Waals surface area contributed by atoms with Crippen LogP contribution in [-0.4, -0.2) is 9.19 Å². The first kappa shape index (κ1) is 13.1. The molecule has 0 radical (unpaired) electrons. The van der Waals surface area contributed by atoms with E-state index < -0.39 is 10.8 Å². The number of nitrogens with two attached hydrogens (primary N) is 1. The van der Waals surface area contributed by atoms with Gasteiger partial charge < -0.3 is 5.73 Å². The maximum Gasteiger partial charge on any atom is 0.0664 e. The molecule has 0 amide bonds. The van der Waals surface area contributed by atoms with Gasteiger partial charge in [0.05, 0.1) is 33.3 Å². The average Bonchev–Trinajstić information content (AvgIpc) is 2.33. The molecule has 2 N–H and O–H groups in total. The van der Waals surface area contributed by atoms with Gasteiger partial charge in [0.2, 0.25) is 0 Å². The van der Waals surface area contributed by atoms with Crippen molar-refractivity contribution in [3.63, 3.8) is 0 Å². The molecule has 18 heavy (non-hydrogen) atoms. The third kappa shape index (κ3) is 2.89. The molecule has 0 aliphatic heterocycles. The Hall–Kier alpha value is -1.39. The van der Waals surface area contributed by atoms with E-state index in [1.54, 1.807) is 12.3 Å². The van der Waals surface area contributed by atoms with Crippen LogP contribution >= 0.6 is 11.6 Å². The fraction of sp³-hybridized carbons (Fsp3) is 0.154. The number of halogens is 1. The monoisotopic (exact) mass is 280 g/mol. The summed E-state index contributed by atoms with van der Waals surface area (Å²) in [7, 11) is -1.21. The van der Waals surface area contributed by atoms with Crippen LogP contribution in [0.1, 0.15) is 11.1 Å². The predicted molar refractivity (Wildman–Crippen MR) is 75.0 cm³/mol. The van der Waals surface area contributed by atoms with Crippen LogP contribution < -0.4 is 5.73 Å². The van der Waals surface area contributed by atoms with Crippen molar-refractivity contribution in [2.45, 2.75) is 17.6 Å². The molecule has 0 fully saturated rings. The third-order valence-electron chi connectivity index (χ3n) is 2.55. The van der Waals surface area contributed by atoms with Gasteiger partial charge >= 0.3 is 0 Å². The Balaban J connectivity index is 2.24. The molecule has 2 aromatic rings. The van der Waals surface area contributed by atoms with Crippen molar-refractivity contribution < 1.29 is 4.21 Å². The minimum absolute atomic E-state index is 0.354. The zero-order valence-corrected chi connectivity index (χ0v) is 11.5. The first-order chi connectivity index (χ1) is 8.58. The van der Waals surface area contributed by atoms with Crippen LogP contribution in [0.4, 0.5) is 5.69 Å². The SMILES string of the molecule is Cc1ccc(CS(=O)c2ccncc2N)c(Cl)c1. The number of aryl methyl sites for hydroxylation is 1. The smallest absolute Gasteiger partial charge is 0.0664 e. The summed E-state index contributed by atoms with van der Waals surface area (Å²) in [4.78, 5) is 4.48. The number of pyridine rings is 1. The molecule has 1 atom stereocenters. The molecular weight excluding hydrogens is 268 g/mol. The maximum absolute atomic E-state index is 12.2. The van der Waals surface area contributed by atoms with Crippen LogP contribution in [0.15, 0.2) is 41.6 Å². The van der Waals surface area contributed by atoms with Gasteiger partial charge in [-0.1, -0.05) is 23.7 Å². The van der Waals surface area contributed by atoms with Crippen LogP contribution in [0.25, 0.3) is 0 Å². The Morgan fingerprint density at radius 2 is 2.17 bits per heavy atom. The zero-order chi connectivity index (χ0) is 13.1. The highest BCUT2D eigenvalue weighted by Gasteiger charge is 2.10. The lowest BCUT2D eigenvalue weighted by Crippen LogP contribution is -2.01. The van der Waals surface area contributed by atoms with Gasteiger partial charge in [-0.05, 0) is 30.2 Å². The first-order valence-electron chi connectivity index (χ1n) is 5.41. The van der Waals surface area contributed by atoms with Crippen LogP contribution in [0.5, 0.6) is 0 Å². The number of rotatable bonds is 3. The number of hydrogen-bond acceptors (Lipinski definition) is 3. The number of aromatic nitrogens is 1. The standard InChI is InChI=1S/C13H13ClN2OS/c1-9-2-3-10(11(14)6-9)8-18(17)13-4-5-16-7-12(13)15/h2-7H,8,15H2,1H3. The summed E-state index contributed by atoms with van der Waals surface area (Å²) in [5.41, 5.74) is 8.13. The minimum atomic E-state index is -1.21. The van der Waals surface area contributed by atoms with Gasteiger partial charge in [0.1, 0.15) is 0 Å². The summed E-state index contributed by atoms with van der Waals surface area (Å²) in [6.07, 6.45) is 3.09. The lowest BCUT2D eigenvalue weighted by molar-refractivity contribution is 0.683. The number of benzene rings is 1. The molecule has 1 aromatic heterocycles. The molecule has 0 saturated heterocycles. The van der Waals surface area contributed by atoms with Crippen LogP contribution in [0.3, 0.4) is 0 Å². The van der Waals surface area contributed by atoms with Crippen molar-refractivity contribution in [2.24, 2.45) is 0 Å². The Labute approximate surface area is 113 Å². The third-order valence-corrected chi connectivity index (χ3v) is 4.34. The highest BCUT2D eigenvalue weighted by atomic mass is 35.5. The van der Waals surface area contributed by atoms with Crippen molar-refractivity contribution >= 4 is 28.1 Å². The first-order valence-corrected chi connectivity index (χ1v) is 7.10. The van der Waals surface area contributed by atoms with Crippen molar-refractivity contribution in [1.82, 2.24) is 4.98 Å². The highest BCUT2D eigenvalue weighted by molar-refractivity contribution is 7.84. The van der Waals surface area contributed by atoms with Crippen molar-refractivity contribution in [3.05, 3.63) is 52.8 Å². The summed E-state index contributed by atoms with van der Waals surface area (Å²) in [5, 5.41) is 0.635. The lowest BCUT2D eigenvalue weighted by Gasteiger charge is -2.07. The normalized spacial score (nSPS) is 12.3. The number of anilines is 1. The molecule has 1 heterocycles. The van der Waals surface area contributed by atoms with Gasteiger partial charge in [0, 0.05) is 11.2 Å². The largest absolute Gasteiger partial charge is 0.396 e. The highest BCUT2D eigenvalue weighted by Crippen LogP contribution is 2.23. The van der Waals surface area contributed by atoms with E-state index in [2.05, 4.69) is 4.98 Å². The lowest BCUT2D eigenvalue weighted by atomic mass is 10.2. The molecule has 94 valence electrons. The van der Waals surface area contributed by atoms with Crippen molar-refractivity contribution in [2.75, 3.05) is 5.73 Å². The summed E-state index contributed by atoms with van der Waals surface area (Å²) in [6, 6.07) is 7.39. The molecule has 5 heteroatoms. The van der Waals surface area contributed by atoms with E-state index in [0.717, 1.165) is 11.1 Å². The van der Waals surface area contributed by atoms with E-state index in [9.17, 15) is 4.21 Å². The Morgan fingerprint density at radius 3 is 2.83 bits per heavy atom. The number of hydrogen-bond donors (Lipinski definition) is 1. The summed E-state index contributed by atoms with van der Waals surface area (Å²) in [5.74, 6) is 0.354. The maximum atomic E-state index is 12.2. The summed E-state index contributed by atoms with van der Waals surface area (Å²) in [6.45, 7) is 1.97. The molecule has 0 aliphatic carbocycles. The zero-order valence-electron chi connectivity index (χ0n) is 9.89. The van der Waals surface area contributed by atoms with E-state index in [0.29, 0.717) is 21.4 Å². The molecule has 0 saturated carbocycles. The Kier molecular flexibility index (Phi) is 3.99. The molecule has 3 nitrogen and oxygen atoms in total. The molecule has 0 spiro atoms. The van der Waals surface area contributed by atoms with E-state index in [1.807, 2.05) is 25.1 Å². The molecule has 2 rings (SSSR count). The molecule has 1 aromatic carbocycles. The summed E-state index contributed by atoms with van der Waals surface area (Å²) < 4.78 is 12.2. The second-order valence-electron chi connectivity index (χ2n) is 4.00. The predicted octanol–water partition coefficient (Wildman–Crippen LogP) is 2.93. The van der Waals surface area contributed by atoms with Crippen molar-refractivity contribution in [3.8, 4) is 0 Å². The van der Waals surface area contributed by atoms with Crippen LogP contribution in [-0.2, 0) is 16.6 Å². The van der Waals surface area contributed by atoms with E-state index >= 15 is 0 Å². The van der Waals surface area contributed by atoms with Gasteiger partial charge in [-0.15, -0.1) is 0 Å². The van der Waals surface area contributed by atoms with Gasteiger partial charge in [0.25, 0.3) is 0 Å². The second-order valence-corrected chi connectivity index (χ2v) is 5.82. The van der Waals surface area contributed by atoms with Crippen LogP contribution in [0.2, 0.25) is 5.02 Å². The Bertz CT molecular complexity index is 601. The van der Waals surface area contributed by atoms with E-state index in [-0.39, 0.29) is 0 Å². The molecule has 1 unspecified atom stereocenters. The van der Waals surface area contributed by atoms with Crippen LogP contribution in [0, 0.1) is 6.92 Å². The number of nitrogen functional groups attached to an aromatic ring is 1. The average molecular weight is 281 g/mol. The van der Waals surface area contributed by atoms with Gasteiger partial charge in [-0.3, -0.25) is 9.19 Å². The van der Waals surface area contributed by atoms with E-state index in [4.69, 9.17) is 17.3 Å². The number of nitrogens with zero attached hydrogens (tertiary/aromatic N) is 1. The quantitative estimate of drug-likeness (QED) is 0.940. The summed E-state index contributed by atoms with van der Waals surface area (Å²) >= 11 is 6.12. The molecular formula is C13H13ClN2OS. The fourth-order valence-corrected chi connectivity index (χ4v) is 3.19. The fourth-order valence-electron chi connectivity index (χ4n) is 1.59.